The maximum absolute atomic E-state index is 5.77. The summed E-state index contributed by atoms with van der Waals surface area (Å²) < 4.78 is 2.06. The van der Waals surface area contributed by atoms with Crippen molar-refractivity contribution in [1.29, 1.82) is 0 Å². The van der Waals surface area contributed by atoms with Gasteiger partial charge in [-0.2, -0.15) is 0 Å². The van der Waals surface area contributed by atoms with Crippen LogP contribution in [0.2, 0.25) is 0 Å². The van der Waals surface area contributed by atoms with Gasteiger partial charge in [0.1, 0.15) is 5.65 Å². The molecule has 0 bridgehead atoms. The molecule has 0 amide bonds. The van der Waals surface area contributed by atoms with Crippen molar-refractivity contribution in [2.45, 2.75) is 32.9 Å². The zero-order valence-corrected chi connectivity index (χ0v) is 11.8. The zero-order chi connectivity index (χ0) is 13.0. The summed E-state index contributed by atoms with van der Waals surface area (Å²) in [5.74, 6) is 0.717. The van der Waals surface area contributed by atoms with Gasteiger partial charge in [-0.05, 0) is 38.9 Å². The lowest BCUT2D eigenvalue weighted by Gasteiger charge is -2.25. The second kappa shape index (κ2) is 6.21. The first-order chi connectivity index (χ1) is 8.70. The van der Waals surface area contributed by atoms with Crippen molar-refractivity contribution in [2.24, 2.45) is 0 Å². The zero-order valence-electron chi connectivity index (χ0n) is 11.0. The van der Waals surface area contributed by atoms with E-state index in [0.717, 1.165) is 30.9 Å². The molecule has 0 saturated carbocycles. The van der Waals surface area contributed by atoms with Crippen molar-refractivity contribution >= 4 is 17.2 Å². The highest BCUT2D eigenvalue weighted by molar-refractivity contribution is 6.17. The Hall–Kier alpha value is -1.06. The van der Waals surface area contributed by atoms with Gasteiger partial charge in [-0.3, -0.25) is 4.90 Å². The molecular weight excluding hydrogens is 246 g/mol. The topological polar surface area (TPSA) is 20.5 Å². The molecule has 0 unspecified atom stereocenters. The van der Waals surface area contributed by atoms with Crippen molar-refractivity contribution in [3.63, 3.8) is 0 Å². The van der Waals surface area contributed by atoms with Crippen LogP contribution in [0.25, 0.3) is 5.65 Å². The van der Waals surface area contributed by atoms with Gasteiger partial charge >= 0.3 is 0 Å². The van der Waals surface area contributed by atoms with Crippen LogP contribution in [0.5, 0.6) is 0 Å². The lowest BCUT2D eigenvalue weighted by molar-refractivity contribution is 0.211. The van der Waals surface area contributed by atoms with Crippen LogP contribution in [0.1, 0.15) is 26.0 Å². The number of hydrogen-bond acceptors (Lipinski definition) is 2. The molecule has 3 nitrogen and oxygen atoms in total. The molecule has 2 rings (SSSR count). The van der Waals surface area contributed by atoms with Crippen LogP contribution in [-0.2, 0) is 6.54 Å². The molecule has 0 saturated heterocycles. The Morgan fingerprint density at radius 2 is 2.22 bits per heavy atom. The van der Waals surface area contributed by atoms with Gasteiger partial charge in [0.15, 0.2) is 0 Å². The molecule has 0 aliphatic heterocycles. The second-order valence-corrected chi connectivity index (χ2v) is 5.18. The van der Waals surface area contributed by atoms with E-state index in [2.05, 4.69) is 34.3 Å². The van der Waals surface area contributed by atoms with Crippen molar-refractivity contribution in [1.82, 2.24) is 14.3 Å². The van der Waals surface area contributed by atoms with Crippen LogP contribution in [0.4, 0.5) is 0 Å². The van der Waals surface area contributed by atoms with E-state index in [1.807, 2.05) is 24.4 Å². The third-order valence-corrected chi connectivity index (χ3v) is 3.36. The molecule has 0 aromatic carbocycles. The number of imidazole rings is 1. The predicted molar refractivity (Wildman–Crippen MR) is 76.1 cm³/mol. The van der Waals surface area contributed by atoms with Crippen LogP contribution >= 0.6 is 11.6 Å². The minimum absolute atomic E-state index is 0.512. The fourth-order valence-corrected chi connectivity index (χ4v) is 2.17. The quantitative estimate of drug-likeness (QED) is 0.748. The van der Waals surface area contributed by atoms with Crippen molar-refractivity contribution in [3.05, 3.63) is 36.3 Å². The molecule has 0 radical (unpaired) electrons. The monoisotopic (exact) mass is 265 g/mol. The molecule has 2 heterocycles. The standard InChI is InChI=1S/C14H20ClN3/c1-12(2)17(9-5-7-15)10-13-11-18-8-4-3-6-14(18)16-13/h3-4,6,8,11-12H,5,7,9-10H2,1-2H3. The van der Waals surface area contributed by atoms with E-state index >= 15 is 0 Å². The van der Waals surface area contributed by atoms with Crippen molar-refractivity contribution < 1.29 is 0 Å². The first-order valence-corrected chi connectivity index (χ1v) is 6.97. The fourth-order valence-electron chi connectivity index (χ4n) is 2.05. The Kier molecular flexibility index (Phi) is 4.61. The Morgan fingerprint density at radius 1 is 1.39 bits per heavy atom. The molecule has 0 atom stereocenters. The summed E-state index contributed by atoms with van der Waals surface area (Å²) in [4.78, 5) is 7.04. The molecule has 98 valence electrons. The number of fused-ring (bicyclic) bond motifs is 1. The molecule has 2 aromatic heterocycles. The van der Waals surface area contributed by atoms with E-state index in [1.54, 1.807) is 0 Å². The summed E-state index contributed by atoms with van der Waals surface area (Å²) in [6.45, 7) is 6.33. The maximum Gasteiger partial charge on any atom is 0.137 e. The molecule has 0 fully saturated rings. The Labute approximate surface area is 113 Å². The summed E-state index contributed by atoms with van der Waals surface area (Å²) >= 11 is 5.77. The van der Waals surface area contributed by atoms with Gasteiger partial charge in [0.25, 0.3) is 0 Å². The average molecular weight is 266 g/mol. The van der Waals surface area contributed by atoms with Gasteiger partial charge in [0.05, 0.1) is 5.69 Å². The second-order valence-electron chi connectivity index (χ2n) is 4.81. The molecule has 0 aliphatic rings. The van der Waals surface area contributed by atoms with E-state index < -0.39 is 0 Å². The molecular formula is C14H20ClN3. The van der Waals surface area contributed by atoms with E-state index in [1.165, 1.54) is 0 Å². The van der Waals surface area contributed by atoms with Crippen LogP contribution in [-0.4, -0.2) is 32.8 Å². The largest absolute Gasteiger partial charge is 0.307 e. The Balaban J connectivity index is 2.10. The van der Waals surface area contributed by atoms with Crippen molar-refractivity contribution in [2.75, 3.05) is 12.4 Å². The van der Waals surface area contributed by atoms with Gasteiger partial charge in [0, 0.05) is 30.9 Å². The molecule has 0 aliphatic carbocycles. The van der Waals surface area contributed by atoms with Gasteiger partial charge in [-0.1, -0.05) is 6.07 Å². The SMILES string of the molecule is CC(C)N(CCCCl)Cc1cn2ccccc2n1. The van der Waals surface area contributed by atoms with Crippen LogP contribution in [0, 0.1) is 0 Å². The van der Waals surface area contributed by atoms with Crippen molar-refractivity contribution in [3.8, 4) is 0 Å². The first-order valence-electron chi connectivity index (χ1n) is 6.43. The van der Waals surface area contributed by atoms with Gasteiger partial charge in [-0.15, -0.1) is 11.6 Å². The van der Waals surface area contributed by atoms with Crippen LogP contribution in [0.15, 0.2) is 30.6 Å². The fraction of sp³-hybridized carbons (Fsp3) is 0.500. The molecule has 0 spiro atoms. The van der Waals surface area contributed by atoms with E-state index in [4.69, 9.17) is 11.6 Å². The molecule has 0 N–H and O–H groups in total. The Bertz CT molecular complexity index is 459. The number of pyridine rings is 1. The molecule has 18 heavy (non-hydrogen) atoms. The summed E-state index contributed by atoms with van der Waals surface area (Å²) in [5, 5.41) is 0. The Morgan fingerprint density at radius 3 is 2.89 bits per heavy atom. The average Bonchev–Trinajstić information content (AvgIpc) is 2.76. The van der Waals surface area contributed by atoms with E-state index in [-0.39, 0.29) is 0 Å². The van der Waals surface area contributed by atoms with Gasteiger partial charge in [0.2, 0.25) is 0 Å². The normalized spacial score (nSPS) is 11.8. The van der Waals surface area contributed by atoms with E-state index in [9.17, 15) is 0 Å². The number of nitrogens with zero attached hydrogens (tertiary/aromatic N) is 3. The first kappa shape index (κ1) is 13.4. The lowest BCUT2D eigenvalue weighted by Crippen LogP contribution is -2.31. The van der Waals surface area contributed by atoms with Crippen LogP contribution < -0.4 is 0 Å². The molecule has 2 aromatic rings. The minimum Gasteiger partial charge on any atom is -0.307 e. The molecule has 4 heteroatoms. The van der Waals surface area contributed by atoms with Crippen LogP contribution in [0.3, 0.4) is 0 Å². The third kappa shape index (κ3) is 3.24. The van der Waals surface area contributed by atoms with Gasteiger partial charge in [-0.25, -0.2) is 4.98 Å². The summed E-state index contributed by atoms with van der Waals surface area (Å²) in [6.07, 6.45) is 5.16. The lowest BCUT2D eigenvalue weighted by atomic mass is 10.2. The van der Waals surface area contributed by atoms with Gasteiger partial charge < -0.3 is 4.40 Å². The third-order valence-electron chi connectivity index (χ3n) is 3.09. The highest BCUT2D eigenvalue weighted by atomic mass is 35.5. The highest BCUT2D eigenvalue weighted by Gasteiger charge is 2.11. The van der Waals surface area contributed by atoms with E-state index in [0.29, 0.717) is 11.9 Å². The summed E-state index contributed by atoms with van der Waals surface area (Å²) in [6, 6.07) is 6.58. The number of rotatable bonds is 6. The smallest absolute Gasteiger partial charge is 0.137 e. The predicted octanol–water partition coefficient (Wildman–Crippen LogP) is 3.17. The minimum atomic E-state index is 0.512. The number of halogens is 1. The number of aromatic nitrogens is 2. The highest BCUT2D eigenvalue weighted by Crippen LogP contribution is 2.10. The number of alkyl halides is 1. The summed E-state index contributed by atoms with van der Waals surface area (Å²) in [7, 11) is 0. The number of hydrogen-bond donors (Lipinski definition) is 0. The summed E-state index contributed by atoms with van der Waals surface area (Å²) in [5.41, 5.74) is 2.12. The maximum atomic E-state index is 5.77.